The van der Waals surface area contributed by atoms with Gasteiger partial charge >= 0.3 is 5.97 Å². The normalized spacial score (nSPS) is 14.3. The van der Waals surface area contributed by atoms with E-state index in [1.165, 1.54) is 4.90 Å². The quantitative estimate of drug-likeness (QED) is 0.248. The van der Waals surface area contributed by atoms with E-state index in [0.717, 1.165) is 29.5 Å². The molecule has 1 atom stereocenters. The van der Waals surface area contributed by atoms with Gasteiger partial charge in [0.1, 0.15) is 18.4 Å². The molecular formula is C25H38N2O7. The van der Waals surface area contributed by atoms with Crippen molar-refractivity contribution in [2.75, 3.05) is 27.1 Å². The third-order valence-electron chi connectivity index (χ3n) is 5.46. The lowest BCUT2D eigenvalue weighted by Gasteiger charge is -2.26. The van der Waals surface area contributed by atoms with Crippen molar-refractivity contribution in [1.29, 1.82) is 0 Å². The van der Waals surface area contributed by atoms with Crippen LogP contribution in [0.25, 0.3) is 0 Å². The molecule has 1 aromatic carbocycles. The molecule has 0 unspecified atom stereocenters. The summed E-state index contributed by atoms with van der Waals surface area (Å²) in [6.07, 6.45) is 1.86. The number of hydrogen-bond donors (Lipinski definition) is 1. The number of benzene rings is 1. The van der Waals surface area contributed by atoms with E-state index in [0.29, 0.717) is 18.8 Å². The number of nitrogens with two attached hydrogens (primary N) is 1. The van der Waals surface area contributed by atoms with E-state index >= 15 is 0 Å². The molecule has 1 heterocycles. The second-order valence-corrected chi connectivity index (χ2v) is 9.32. The molecule has 0 spiro atoms. The van der Waals surface area contributed by atoms with Crippen LogP contribution in [0.1, 0.15) is 74.0 Å². The van der Waals surface area contributed by atoms with E-state index < -0.39 is 23.5 Å². The van der Waals surface area contributed by atoms with Crippen molar-refractivity contribution < 1.29 is 33.3 Å². The minimum atomic E-state index is -0.909. The topological polar surface area (TPSA) is 117 Å². The van der Waals surface area contributed by atoms with Gasteiger partial charge in [-0.15, -0.1) is 0 Å². The predicted molar refractivity (Wildman–Crippen MR) is 126 cm³/mol. The van der Waals surface area contributed by atoms with Gasteiger partial charge in [0.25, 0.3) is 5.91 Å². The number of primary amides is 1. The standard InChI is InChI=1S/C25H38N2O7/c1-6-7-17-8-9-18-19(20(17)15-33-16-32-13-12-31-5)14-27(24(18)30)21(23(26)29)10-11-22(28)34-25(2,3)4/h8-9,21H,6-7,10-16H2,1-5H3,(H2,26,29)/t21-/m0/s1. The van der Waals surface area contributed by atoms with Crippen LogP contribution < -0.4 is 5.73 Å². The van der Waals surface area contributed by atoms with Crippen LogP contribution >= 0.6 is 0 Å². The van der Waals surface area contributed by atoms with Crippen LogP contribution in [0, 0.1) is 0 Å². The Kier molecular flexibility index (Phi) is 10.5. The lowest BCUT2D eigenvalue weighted by atomic mass is 9.95. The zero-order valence-corrected chi connectivity index (χ0v) is 21.0. The van der Waals surface area contributed by atoms with Gasteiger partial charge in [-0.2, -0.15) is 0 Å². The van der Waals surface area contributed by atoms with Crippen molar-refractivity contribution in [2.24, 2.45) is 5.73 Å². The Balaban J connectivity index is 2.17. The fourth-order valence-corrected chi connectivity index (χ4v) is 3.96. The molecule has 9 heteroatoms. The molecule has 0 saturated heterocycles. The predicted octanol–water partition coefficient (Wildman–Crippen LogP) is 2.71. The molecule has 2 rings (SSSR count). The molecule has 34 heavy (non-hydrogen) atoms. The smallest absolute Gasteiger partial charge is 0.306 e. The highest BCUT2D eigenvalue weighted by molar-refractivity contribution is 6.01. The molecule has 0 bridgehead atoms. The van der Waals surface area contributed by atoms with Gasteiger partial charge in [0.2, 0.25) is 5.91 Å². The Labute approximate surface area is 201 Å². The molecule has 1 aliphatic rings. The van der Waals surface area contributed by atoms with Gasteiger partial charge in [-0.05, 0) is 56.4 Å². The average molecular weight is 479 g/mol. The van der Waals surface area contributed by atoms with Gasteiger partial charge in [-0.3, -0.25) is 14.4 Å². The first-order chi connectivity index (χ1) is 16.1. The van der Waals surface area contributed by atoms with Gasteiger partial charge in [-0.25, -0.2) is 0 Å². The molecular weight excluding hydrogens is 440 g/mol. The maximum Gasteiger partial charge on any atom is 0.306 e. The first-order valence-corrected chi connectivity index (χ1v) is 11.7. The zero-order chi connectivity index (χ0) is 25.3. The number of aryl methyl sites for hydroxylation is 1. The third kappa shape index (κ3) is 7.78. The molecule has 0 radical (unpaired) electrons. The maximum absolute atomic E-state index is 13.2. The number of fused-ring (bicyclic) bond motifs is 1. The summed E-state index contributed by atoms with van der Waals surface area (Å²) in [7, 11) is 1.60. The fourth-order valence-electron chi connectivity index (χ4n) is 3.96. The summed E-state index contributed by atoms with van der Waals surface area (Å²) in [4.78, 5) is 39.1. The van der Waals surface area contributed by atoms with Gasteiger partial charge in [-0.1, -0.05) is 19.4 Å². The Bertz CT molecular complexity index is 864. The minimum Gasteiger partial charge on any atom is -0.460 e. The number of nitrogens with zero attached hydrogens (tertiary/aromatic N) is 1. The van der Waals surface area contributed by atoms with Gasteiger partial charge in [0.05, 0.1) is 19.8 Å². The van der Waals surface area contributed by atoms with Gasteiger partial charge in [0.15, 0.2) is 0 Å². The number of methoxy groups -OCH3 is 1. The van der Waals surface area contributed by atoms with E-state index in [2.05, 4.69) is 6.92 Å². The lowest BCUT2D eigenvalue weighted by molar-refractivity contribution is -0.155. The molecule has 190 valence electrons. The molecule has 0 aliphatic carbocycles. The monoisotopic (exact) mass is 478 g/mol. The van der Waals surface area contributed by atoms with Crippen molar-refractivity contribution in [3.63, 3.8) is 0 Å². The first-order valence-electron chi connectivity index (χ1n) is 11.7. The van der Waals surface area contributed by atoms with E-state index in [1.807, 2.05) is 6.07 Å². The summed E-state index contributed by atoms with van der Waals surface area (Å²) >= 11 is 0. The average Bonchev–Trinajstić information content (AvgIpc) is 3.07. The van der Waals surface area contributed by atoms with E-state index in [9.17, 15) is 14.4 Å². The van der Waals surface area contributed by atoms with Crippen LogP contribution in [0.15, 0.2) is 12.1 Å². The van der Waals surface area contributed by atoms with Crippen molar-refractivity contribution >= 4 is 17.8 Å². The highest BCUT2D eigenvalue weighted by Gasteiger charge is 2.37. The minimum absolute atomic E-state index is 0.0130. The molecule has 2 N–H and O–H groups in total. The summed E-state index contributed by atoms with van der Waals surface area (Å²) in [5.74, 6) is -1.36. The molecule has 2 amide bonds. The fraction of sp³-hybridized carbons (Fsp3) is 0.640. The summed E-state index contributed by atoms with van der Waals surface area (Å²) in [6.45, 7) is 8.94. The number of ether oxygens (including phenoxy) is 4. The van der Waals surface area contributed by atoms with Gasteiger partial charge < -0.3 is 29.6 Å². The van der Waals surface area contributed by atoms with E-state index in [1.54, 1.807) is 33.9 Å². The molecule has 0 saturated carbocycles. The Morgan fingerprint density at radius 1 is 1.18 bits per heavy atom. The van der Waals surface area contributed by atoms with Gasteiger partial charge in [0, 0.05) is 25.6 Å². The third-order valence-corrected chi connectivity index (χ3v) is 5.46. The number of hydrogen-bond acceptors (Lipinski definition) is 7. The Hall–Kier alpha value is -2.49. The van der Waals surface area contributed by atoms with Crippen LogP contribution in [0.4, 0.5) is 0 Å². The van der Waals surface area contributed by atoms with E-state index in [-0.39, 0.29) is 38.7 Å². The van der Waals surface area contributed by atoms with Crippen LogP contribution in [0.2, 0.25) is 0 Å². The van der Waals surface area contributed by atoms with Crippen LogP contribution in [0.5, 0.6) is 0 Å². The van der Waals surface area contributed by atoms with Crippen LogP contribution in [0.3, 0.4) is 0 Å². The number of esters is 1. The highest BCUT2D eigenvalue weighted by Crippen LogP contribution is 2.32. The number of carbonyl (C=O) groups is 3. The number of rotatable bonds is 14. The van der Waals surface area contributed by atoms with Crippen LogP contribution in [-0.4, -0.2) is 61.4 Å². The number of carbonyl (C=O) groups excluding carboxylic acids is 3. The van der Waals surface area contributed by atoms with Crippen molar-refractivity contribution in [1.82, 2.24) is 4.90 Å². The zero-order valence-electron chi connectivity index (χ0n) is 21.0. The van der Waals surface area contributed by atoms with Crippen molar-refractivity contribution in [3.8, 4) is 0 Å². The maximum atomic E-state index is 13.2. The molecule has 9 nitrogen and oxygen atoms in total. The molecule has 0 fully saturated rings. The lowest BCUT2D eigenvalue weighted by Crippen LogP contribution is -2.45. The second-order valence-electron chi connectivity index (χ2n) is 9.32. The van der Waals surface area contributed by atoms with Crippen molar-refractivity contribution in [2.45, 2.75) is 78.2 Å². The summed E-state index contributed by atoms with van der Waals surface area (Å²) in [6, 6.07) is 2.83. The molecule has 1 aromatic rings. The molecule has 0 aromatic heterocycles. The first kappa shape index (κ1) is 27.8. The van der Waals surface area contributed by atoms with Crippen LogP contribution in [-0.2, 0) is 48.1 Å². The molecule has 1 aliphatic heterocycles. The van der Waals surface area contributed by atoms with E-state index in [4.69, 9.17) is 24.7 Å². The Morgan fingerprint density at radius 3 is 2.53 bits per heavy atom. The Morgan fingerprint density at radius 2 is 1.91 bits per heavy atom. The van der Waals surface area contributed by atoms with Crippen molar-refractivity contribution in [3.05, 3.63) is 34.4 Å². The SMILES string of the molecule is CCCc1ccc2c(c1COCOCCOC)CN([C@@H](CCC(=O)OC(C)(C)C)C(N)=O)C2=O. The summed E-state index contributed by atoms with van der Waals surface area (Å²) < 4.78 is 21.4. The highest BCUT2D eigenvalue weighted by atomic mass is 16.7. The summed E-state index contributed by atoms with van der Waals surface area (Å²) in [5, 5.41) is 0. The second kappa shape index (κ2) is 12.8. The summed E-state index contributed by atoms with van der Waals surface area (Å²) in [5.41, 5.74) is 8.40. The number of amides is 2. The largest absolute Gasteiger partial charge is 0.460 e.